The predicted molar refractivity (Wildman–Crippen MR) is 90.9 cm³/mol. The summed E-state index contributed by atoms with van der Waals surface area (Å²) in [7, 11) is -3.25. The van der Waals surface area contributed by atoms with Gasteiger partial charge in [-0.1, -0.05) is 30.3 Å². The molecular formula is C17H24N2O4S. The number of carbonyl (C=O) groups excluding carboxylic acids is 1. The SMILES string of the molecule is CS(=O)(=O)NC[C@]12COC[C@H]1CN(C(=O)CCc1ccccc1)C2. The van der Waals surface area contributed by atoms with Crippen molar-refractivity contribution in [3.63, 3.8) is 0 Å². The molecule has 6 nitrogen and oxygen atoms in total. The first-order valence-electron chi connectivity index (χ1n) is 8.22. The summed E-state index contributed by atoms with van der Waals surface area (Å²) in [6, 6.07) is 9.97. The largest absolute Gasteiger partial charge is 0.380 e. The van der Waals surface area contributed by atoms with Gasteiger partial charge in [-0.2, -0.15) is 0 Å². The Balaban J connectivity index is 1.59. The number of likely N-dealkylation sites (tertiary alicyclic amines) is 1. The fraction of sp³-hybridized carbons (Fsp3) is 0.588. The van der Waals surface area contributed by atoms with Gasteiger partial charge in [-0.3, -0.25) is 4.79 Å². The highest BCUT2D eigenvalue weighted by Gasteiger charge is 2.51. The molecule has 2 aliphatic rings. The molecule has 0 unspecified atom stereocenters. The summed E-state index contributed by atoms with van der Waals surface area (Å²) >= 11 is 0. The molecule has 1 aromatic rings. The number of rotatable bonds is 6. The number of hydrogen-bond acceptors (Lipinski definition) is 4. The molecule has 2 saturated heterocycles. The molecule has 2 atom stereocenters. The van der Waals surface area contributed by atoms with E-state index in [1.165, 1.54) is 0 Å². The van der Waals surface area contributed by atoms with E-state index in [0.717, 1.165) is 18.2 Å². The van der Waals surface area contributed by atoms with Gasteiger partial charge in [0, 0.05) is 37.4 Å². The number of nitrogens with zero attached hydrogens (tertiary/aromatic N) is 1. The molecule has 0 aliphatic carbocycles. The number of fused-ring (bicyclic) bond motifs is 1. The van der Waals surface area contributed by atoms with Crippen molar-refractivity contribution in [2.75, 3.05) is 39.1 Å². The van der Waals surface area contributed by atoms with E-state index in [-0.39, 0.29) is 17.2 Å². The third kappa shape index (κ3) is 3.96. The normalized spacial score (nSPS) is 26.5. The molecular weight excluding hydrogens is 328 g/mol. The van der Waals surface area contributed by atoms with Gasteiger partial charge < -0.3 is 9.64 Å². The molecule has 2 heterocycles. The van der Waals surface area contributed by atoms with Gasteiger partial charge in [0.25, 0.3) is 0 Å². The van der Waals surface area contributed by atoms with Gasteiger partial charge in [0.15, 0.2) is 0 Å². The smallest absolute Gasteiger partial charge is 0.222 e. The monoisotopic (exact) mass is 352 g/mol. The highest BCUT2D eigenvalue weighted by atomic mass is 32.2. The van der Waals surface area contributed by atoms with Crippen molar-refractivity contribution in [3.8, 4) is 0 Å². The predicted octanol–water partition coefficient (Wildman–Crippen LogP) is 0.643. The molecule has 0 saturated carbocycles. The van der Waals surface area contributed by atoms with Crippen LogP contribution in [0.2, 0.25) is 0 Å². The van der Waals surface area contributed by atoms with Crippen LogP contribution in [0.25, 0.3) is 0 Å². The van der Waals surface area contributed by atoms with E-state index in [0.29, 0.717) is 39.3 Å². The molecule has 1 amide bonds. The van der Waals surface area contributed by atoms with Crippen molar-refractivity contribution in [1.82, 2.24) is 9.62 Å². The minimum atomic E-state index is -3.25. The number of nitrogens with one attached hydrogen (secondary N) is 1. The molecule has 0 radical (unpaired) electrons. The Morgan fingerprint density at radius 3 is 2.83 bits per heavy atom. The summed E-state index contributed by atoms with van der Waals surface area (Å²) in [6.07, 6.45) is 2.37. The van der Waals surface area contributed by atoms with Crippen molar-refractivity contribution in [2.24, 2.45) is 11.3 Å². The van der Waals surface area contributed by atoms with E-state index in [9.17, 15) is 13.2 Å². The number of hydrogen-bond donors (Lipinski definition) is 1. The number of carbonyl (C=O) groups is 1. The summed E-state index contributed by atoms with van der Waals surface area (Å²) < 4.78 is 31.0. The maximum Gasteiger partial charge on any atom is 0.222 e. The second-order valence-electron chi connectivity index (χ2n) is 6.93. The van der Waals surface area contributed by atoms with E-state index < -0.39 is 10.0 Å². The van der Waals surface area contributed by atoms with E-state index in [1.54, 1.807) is 0 Å². The van der Waals surface area contributed by atoms with Gasteiger partial charge in [-0.15, -0.1) is 0 Å². The Morgan fingerprint density at radius 1 is 1.38 bits per heavy atom. The van der Waals surface area contributed by atoms with E-state index >= 15 is 0 Å². The zero-order valence-corrected chi connectivity index (χ0v) is 14.7. The molecule has 0 aromatic heterocycles. The lowest BCUT2D eigenvalue weighted by Crippen LogP contribution is -2.43. The van der Waals surface area contributed by atoms with Crippen LogP contribution >= 0.6 is 0 Å². The molecule has 2 fully saturated rings. The molecule has 2 aliphatic heterocycles. The second-order valence-corrected chi connectivity index (χ2v) is 8.76. The standard InChI is InChI=1S/C17H24N2O4S/c1-24(21,22)18-11-17-12-19(9-15(17)10-23-13-17)16(20)8-7-14-5-3-2-4-6-14/h2-6,15,18H,7-13H2,1H3/t15-,17+/m1/s1. The average molecular weight is 352 g/mol. The second kappa shape index (κ2) is 6.82. The van der Waals surface area contributed by atoms with Crippen molar-refractivity contribution in [1.29, 1.82) is 0 Å². The lowest BCUT2D eigenvalue weighted by Gasteiger charge is -2.27. The van der Waals surface area contributed by atoms with Crippen molar-refractivity contribution in [3.05, 3.63) is 35.9 Å². The van der Waals surface area contributed by atoms with Gasteiger partial charge in [0.1, 0.15) is 0 Å². The molecule has 24 heavy (non-hydrogen) atoms. The number of ether oxygens (including phenoxy) is 1. The van der Waals surface area contributed by atoms with Crippen molar-refractivity contribution < 1.29 is 17.9 Å². The Morgan fingerprint density at radius 2 is 2.12 bits per heavy atom. The average Bonchev–Trinajstić information content (AvgIpc) is 3.08. The highest BCUT2D eigenvalue weighted by Crippen LogP contribution is 2.41. The van der Waals surface area contributed by atoms with Crippen LogP contribution in [0.3, 0.4) is 0 Å². The Labute approximate surface area is 143 Å². The Bertz CT molecular complexity index is 692. The van der Waals surface area contributed by atoms with E-state index in [4.69, 9.17) is 4.74 Å². The van der Waals surface area contributed by atoms with Crippen LogP contribution in [0.5, 0.6) is 0 Å². The van der Waals surface area contributed by atoms with E-state index in [1.807, 2.05) is 35.2 Å². The van der Waals surface area contributed by atoms with Crippen LogP contribution in [0, 0.1) is 11.3 Å². The van der Waals surface area contributed by atoms with Crippen LogP contribution in [-0.4, -0.2) is 58.3 Å². The summed E-state index contributed by atoms with van der Waals surface area (Å²) in [5.74, 6) is 0.333. The molecule has 3 rings (SSSR count). The minimum absolute atomic E-state index is 0.131. The van der Waals surface area contributed by atoms with Crippen LogP contribution in [0.4, 0.5) is 0 Å². The number of aryl methyl sites for hydroxylation is 1. The first-order valence-corrected chi connectivity index (χ1v) is 10.1. The van der Waals surface area contributed by atoms with Gasteiger partial charge >= 0.3 is 0 Å². The van der Waals surface area contributed by atoms with Crippen molar-refractivity contribution >= 4 is 15.9 Å². The van der Waals surface area contributed by atoms with Gasteiger partial charge in [0.05, 0.1) is 19.5 Å². The summed E-state index contributed by atoms with van der Waals surface area (Å²) in [6.45, 7) is 2.64. The zero-order valence-electron chi connectivity index (χ0n) is 13.9. The summed E-state index contributed by atoms with van der Waals surface area (Å²) in [5.41, 5.74) is 0.868. The van der Waals surface area contributed by atoms with Gasteiger partial charge in [-0.05, 0) is 12.0 Å². The Kier molecular flexibility index (Phi) is 4.94. The van der Waals surface area contributed by atoms with Crippen LogP contribution in [0.15, 0.2) is 30.3 Å². The highest BCUT2D eigenvalue weighted by molar-refractivity contribution is 7.88. The third-order valence-electron chi connectivity index (χ3n) is 5.03. The quantitative estimate of drug-likeness (QED) is 0.815. The Hall–Kier alpha value is -1.44. The fourth-order valence-electron chi connectivity index (χ4n) is 3.60. The molecule has 132 valence electrons. The van der Waals surface area contributed by atoms with E-state index in [2.05, 4.69) is 4.72 Å². The molecule has 0 spiro atoms. The molecule has 1 N–H and O–H groups in total. The first kappa shape index (κ1) is 17.4. The molecule has 0 bridgehead atoms. The number of benzene rings is 1. The summed E-state index contributed by atoms with van der Waals surface area (Å²) in [5, 5.41) is 0. The molecule has 7 heteroatoms. The van der Waals surface area contributed by atoms with Crippen LogP contribution < -0.4 is 4.72 Å². The number of amides is 1. The third-order valence-corrected chi connectivity index (χ3v) is 5.70. The topological polar surface area (TPSA) is 75.7 Å². The maximum absolute atomic E-state index is 12.5. The summed E-state index contributed by atoms with van der Waals surface area (Å²) in [4.78, 5) is 14.4. The minimum Gasteiger partial charge on any atom is -0.380 e. The molecule has 1 aromatic carbocycles. The van der Waals surface area contributed by atoms with Crippen LogP contribution in [-0.2, 0) is 26.0 Å². The lowest BCUT2D eigenvalue weighted by molar-refractivity contribution is -0.130. The van der Waals surface area contributed by atoms with Crippen LogP contribution in [0.1, 0.15) is 12.0 Å². The van der Waals surface area contributed by atoms with Gasteiger partial charge in [0.2, 0.25) is 15.9 Å². The van der Waals surface area contributed by atoms with Gasteiger partial charge in [-0.25, -0.2) is 13.1 Å². The number of sulfonamides is 1. The fourth-order valence-corrected chi connectivity index (χ4v) is 4.15. The zero-order chi connectivity index (χ0) is 17.2. The van der Waals surface area contributed by atoms with Crippen molar-refractivity contribution in [2.45, 2.75) is 12.8 Å². The maximum atomic E-state index is 12.5. The first-order chi connectivity index (χ1) is 11.4. The lowest BCUT2D eigenvalue weighted by atomic mass is 9.81.